The summed E-state index contributed by atoms with van der Waals surface area (Å²) in [7, 11) is 0. The molecule has 0 N–H and O–H groups in total. The van der Waals surface area contributed by atoms with Gasteiger partial charge in [-0.1, -0.05) is 60.7 Å². The Labute approximate surface area is 204 Å². The molecule has 1 aliphatic heterocycles. The van der Waals surface area contributed by atoms with Gasteiger partial charge < -0.3 is 28.4 Å². The van der Waals surface area contributed by atoms with Crippen molar-refractivity contribution in [3.63, 3.8) is 0 Å². The van der Waals surface area contributed by atoms with E-state index in [1.807, 2.05) is 60.7 Å². The van der Waals surface area contributed by atoms with Crippen molar-refractivity contribution >= 4 is 17.9 Å². The highest BCUT2D eigenvalue weighted by molar-refractivity contribution is 5.67. The van der Waals surface area contributed by atoms with Gasteiger partial charge in [-0.25, -0.2) is 0 Å². The van der Waals surface area contributed by atoms with Crippen molar-refractivity contribution in [1.29, 1.82) is 0 Å². The number of ether oxygens (including phenoxy) is 6. The second-order valence-corrected chi connectivity index (χ2v) is 8.05. The van der Waals surface area contributed by atoms with Gasteiger partial charge in [0.15, 0.2) is 12.2 Å². The van der Waals surface area contributed by atoms with E-state index < -0.39 is 48.6 Å². The van der Waals surface area contributed by atoms with Crippen LogP contribution < -0.4 is 0 Å². The number of hydrogen-bond acceptors (Lipinski definition) is 9. The Morgan fingerprint density at radius 2 is 1.20 bits per heavy atom. The molecule has 9 nitrogen and oxygen atoms in total. The second-order valence-electron chi connectivity index (χ2n) is 8.05. The normalized spacial score (nSPS) is 23.8. The summed E-state index contributed by atoms with van der Waals surface area (Å²) in [6.07, 6.45) is -4.99. The van der Waals surface area contributed by atoms with Gasteiger partial charge in [-0.2, -0.15) is 0 Å². The molecule has 3 rings (SSSR count). The average molecular weight is 487 g/mol. The molecule has 188 valence electrons. The Bertz CT molecular complexity index is 963. The summed E-state index contributed by atoms with van der Waals surface area (Å²) in [5, 5.41) is 0. The Morgan fingerprint density at radius 3 is 1.69 bits per heavy atom. The standard InChI is InChI=1S/C26H30O9/c1-17(27)30-16-22-23(33-18(2)28)24(31-14-20-10-6-4-7-11-20)25(26(35-22)34-19(3)29)32-15-21-12-8-5-9-13-21/h4-13,22-26H,14-16H2,1-3H3/t22-,23-,24+,25-,26+/m1/s1. The first-order valence-electron chi connectivity index (χ1n) is 11.3. The van der Waals surface area contributed by atoms with Gasteiger partial charge in [0, 0.05) is 20.8 Å². The molecule has 1 heterocycles. The predicted octanol–water partition coefficient (Wildman–Crippen LogP) is 2.94. The zero-order valence-corrected chi connectivity index (χ0v) is 20.0. The molecule has 2 aromatic rings. The molecule has 0 bridgehead atoms. The van der Waals surface area contributed by atoms with Crippen molar-refractivity contribution in [3.8, 4) is 0 Å². The van der Waals surface area contributed by atoms with E-state index in [1.165, 1.54) is 20.8 Å². The molecule has 0 amide bonds. The molecule has 35 heavy (non-hydrogen) atoms. The Balaban J connectivity index is 1.92. The van der Waals surface area contributed by atoms with Gasteiger partial charge in [0.1, 0.15) is 18.8 Å². The van der Waals surface area contributed by atoms with Gasteiger partial charge in [-0.3, -0.25) is 14.4 Å². The highest BCUT2D eigenvalue weighted by Crippen LogP contribution is 2.31. The lowest BCUT2D eigenvalue weighted by atomic mass is 9.98. The van der Waals surface area contributed by atoms with Crippen LogP contribution in [0.25, 0.3) is 0 Å². The summed E-state index contributed by atoms with van der Waals surface area (Å²) in [4.78, 5) is 35.3. The van der Waals surface area contributed by atoms with Crippen LogP contribution >= 0.6 is 0 Å². The largest absolute Gasteiger partial charge is 0.463 e. The predicted molar refractivity (Wildman–Crippen MR) is 123 cm³/mol. The molecule has 1 fully saturated rings. The number of carbonyl (C=O) groups is 3. The number of hydrogen-bond donors (Lipinski definition) is 0. The maximum atomic E-state index is 12.0. The monoisotopic (exact) mass is 486 g/mol. The van der Waals surface area contributed by atoms with Crippen molar-refractivity contribution in [2.24, 2.45) is 0 Å². The lowest BCUT2D eigenvalue weighted by molar-refractivity contribution is -0.313. The van der Waals surface area contributed by atoms with Gasteiger partial charge in [-0.05, 0) is 11.1 Å². The van der Waals surface area contributed by atoms with E-state index in [-0.39, 0.29) is 19.8 Å². The molecule has 2 aromatic carbocycles. The SMILES string of the molecule is CC(=O)OC[C@H]1O[C@H](OC(C)=O)[C@H](OCc2ccccc2)[C@@H](OCc2ccccc2)[C@@H]1OC(C)=O. The molecule has 1 saturated heterocycles. The fourth-order valence-corrected chi connectivity index (χ4v) is 3.70. The lowest BCUT2D eigenvalue weighted by Gasteiger charge is -2.44. The van der Waals surface area contributed by atoms with Crippen LogP contribution in [0.1, 0.15) is 31.9 Å². The molecule has 0 saturated carbocycles. The van der Waals surface area contributed by atoms with Crippen molar-refractivity contribution in [3.05, 3.63) is 71.8 Å². The average Bonchev–Trinajstić information content (AvgIpc) is 2.82. The van der Waals surface area contributed by atoms with Crippen molar-refractivity contribution < 1.29 is 42.8 Å². The Morgan fingerprint density at radius 1 is 0.686 bits per heavy atom. The fraction of sp³-hybridized carbons (Fsp3) is 0.423. The molecule has 0 radical (unpaired) electrons. The summed E-state index contributed by atoms with van der Waals surface area (Å²) in [6, 6.07) is 18.8. The highest BCUT2D eigenvalue weighted by Gasteiger charge is 2.51. The minimum absolute atomic E-state index is 0.166. The van der Waals surface area contributed by atoms with Crippen LogP contribution in [0.15, 0.2) is 60.7 Å². The van der Waals surface area contributed by atoms with Gasteiger partial charge in [0.05, 0.1) is 13.2 Å². The summed E-state index contributed by atoms with van der Waals surface area (Å²) < 4.78 is 34.4. The van der Waals surface area contributed by atoms with Crippen molar-refractivity contribution in [1.82, 2.24) is 0 Å². The van der Waals surface area contributed by atoms with E-state index in [0.29, 0.717) is 0 Å². The van der Waals surface area contributed by atoms with Crippen LogP contribution in [0.2, 0.25) is 0 Å². The van der Waals surface area contributed by atoms with Gasteiger partial charge in [-0.15, -0.1) is 0 Å². The third kappa shape index (κ3) is 8.17. The smallest absolute Gasteiger partial charge is 0.305 e. The van der Waals surface area contributed by atoms with Crippen LogP contribution in [-0.2, 0) is 56.0 Å². The fourth-order valence-electron chi connectivity index (χ4n) is 3.70. The molecule has 0 aliphatic carbocycles. The van der Waals surface area contributed by atoms with Crippen LogP contribution in [0, 0.1) is 0 Å². The zero-order chi connectivity index (χ0) is 25.2. The number of esters is 3. The summed E-state index contributed by atoms with van der Waals surface area (Å²) in [5.74, 6) is -1.71. The number of carbonyl (C=O) groups excluding carboxylic acids is 3. The molecule has 5 atom stereocenters. The third-order valence-corrected chi connectivity index (χ3v) is 5.20. The third-order valence-electron chi connectivity index (χ3n) is 5.20. The van der Waals surface area contributed by atoms with Crippen LogP contribution in [0.5, 0.6) is 0 Å². The molecule has 0 unspecified atom stereocenters. The van der Waals surface area contributed by atoms with Crippen LogP contribution in [0.3, 0.4) is 0 Å². The van der Waals surface area contributed by atoms with E-state index >= 15 is 0 Å². The van der Waals surface area contributed by atoms with Gasteiger partial charge in [0.25, 0.3) is 0 Å². The molecule has 0 aromatic heterocycles. The van der Waals surface area contributed by atoms with Crippen molar-refractivity contribution in [2.75, 3.05) is 6.61 Å². The first-order valence-corrected chi connectivity index (χ1v) is 11.3. The van der Waals surface area contributed by atoms with E-state index in [4.69, 9.17) is 28.4 Å². The van der Waals surface area contributed by atoms with Crippen LogP contribution in [0.4, 0.5) is 0 Å². The van der Waals surface area contributed by atoms with Gasteiger partial charge >= 0.3 is 17.9 Å². The van der Waals surface area contributed by atoms with Gasteiger partial charge in [0.2, 0.25) is 6.29 Å². The second kappa shape index (κ2) is 13.0. The van der Waals surface area contributed by atoms with E-state index in [0.717, 1.165) is 11.1 Å². The molecule has 1 aliphatic rings. The summed E-state index contributed by atoms with van der Waals surface area (Å²) in [5.41, 5.74) is 1.75. The molecular formula is C26H30O9. The topological polar surface area (TPSA) is 107 Å². The van der Waals surface area contributed by atoms with Crippen LogP contribution in [-0.4, -0.2) is 55.2 Å². The minimum atomic E-state index is -1.19. The Hall–Kier alpha value is -3.27. The number of rotatable bonds is 10. The molecule has 9 heteroatoms. The lowest BCUT2D eigenvalue weighted by Crippen LogP contribution is -2.62. The van der Waals surface area contributed by atoms with Crippen molar-refractivity contribution in [2.45, 2.75) is 64.7 Å². The minimum Gasteiger partial charge on any atom is -0.463 e. The zero-order valence-electron chi connectivity index (χ0n) is 20.0. The van der Waals surface area contributed by atoms with E-state index in [9.17, 15) is 14.4 Å². The van der Waals surface area contributed by atoms with E-state index in [1.54, 1.807) is 0 Å². The molecule has 0 spiro atoms. The highest BCUT2D eigenvalue weighted by atomic mass is 16.7. The molecular weight excluding hydrogens is 456 g/mol. The summed E-state index contributed by atoms with van der Waals surface area (Å²) >= 11 is 0. The van der Waals surface area contributed by atoms with E-state index in [2.05, 4.69) is 0 Å². The maximum Gasteiger partial charge on any atom is 0.305 e. The first kappa shape index (κ1) is 26.3. The maximum absolute atomic E-state index is 12.0. The Kier molecular flexibility index (Phi) is 9.77. The summed E-state index contributed by atoms with van der Waals surface area (Å²) in [6.45, 7) is 3.86. The first-order chi connectivity index (χ1) is 16.8. The number of benzene rings is 2. The quantitative estimate of drug-likeness (QED) is 0.370.